The van der Waals surface area contributed by atoms with Gasteiger partial charge in [0, 0.05) is 32.4 Å². The first-order chi connectivity index (χ1) is 9.22. The number of nitrogens with one attached hydrogen (secondary N) is 1. The number of pyridine rings is 1. The molecule has 1 N–H and O–H groups in total. The smallest absolute Gasteiger partial charge is 0.240 e. The highest BCUT2D eigenvalue weighted by Crippen LogP contribution is 2.31. The van der Waals surface area contributed by atoms with Crippen LogP contribution in [0, 0.1) is 0 Å². The summed E-state index contributed by atoms with van der Waals surface area (Å²) in [5.74, 6) is 0.201. The molecule has 1 aromatic heterocycles. The van der Waals surface area contributed by atoms with E-state index in [1.54, 1.807) is 6.20 Å². The van der Waals surface area contributed by atoms with Crippen molar-refractivity contribution in [2.24, 2.45) is 0 Å². The fraction of sp³-hybridized carbons (Fsp3) is 0.571. The van der Waals surface area contributed by atoms with Crippen LogP contribution in [-0.4, -0.2) is 54.6 Å². The summed E-state index contributed by atoms with van der Waals surface area (Å²) in [6.45, 7) is 3.52. The Morgan fingerprint density at radius 3 is 2.74 bits per heavy atom. The maximum Gasteiger partial charge on any atom is 0.240 e. The van der Waals surface area contributed by atoms with Gasteiger partial charge in [0.2, 0.25) is 5.91 Å². The van der Waals surface area contributed by atoms with Gasteiger partial charge in [-0.2, -0.15) is 0 Å². The minimum Gasteiger partial charge on any atom is -0.370 e. The minimum absolute atomic E-state index is 0.201. The van der Waals surface area contributed by atoms with Crippen molar-refractivity contribution in [1.82, 2.24) is 15.2 Å². The van der Waals surface area contributed by atoms with Crippen LogP contribution in [0.1, 0.15) is 12.8 Å². The van der Waals surface area contributed by atoms with Gasteiger partial charge in [-0.3, -0.25) is 14.7 Å². The van der Waals surface area contributed by atoms with E-state index in [9.17, 15) is 4.79 Å². The van der Waals surface area contributed by atoms with Crippen LogP contribution >= 0.6 is 0 Å². The maximum absolute atomic E-state index is 12.2. The number of piperazine rings is 1. The molecule has 1 spiro atoms. The van der Waals surface area contributed by atoms with Gasteiger partial charge in [-0.25, -0.2) is 0 Å². The van der Waals surface area contributed by atoms with Crippen molar-refractivity contribution in [2.45, 2.75) is 18.4 Å². The first-order valence-corrected chi connectivity index (χ1v) is 6.87. The van der Waals surface area contributed by atoms with Crippen molar-refractivity contribution < 1.29 is 4.79 Å². The molecule has 3 rings (SSSR count). The van der Waals surface area contributed by atoms with Crippen LogP contribution in [0.15, 0.2) is 24.5 Å². The van der Waals surface area contributed by atoms with Gasteiger partial charge in [0.1, 0.15) is 5.54 Å². The van der Waals surface area contributed by atoms with E-state index in [0.717, 1.165) is 44.7 Å². The van der Waals surface area contributed by atoms with E-state index in [1.165, 1.54) is 0 Å². The second-order valence-electron chi connectivity index (χ2n) is 5.41. The summed E-state index contributed by atoms with van der Waals surface area (Å²) in [6.07, 6.45) is 5.44. The topological polar surface area (TPSA) is 48.5 Å². The van der Waals surface area contributed by atoms with Gasteiger partial charge >= 0.3 is 0 Å². The van der Waals surface area contributed by atoms with Crippen molar-refractivity contribution in [3.63, 3.8) is 0 Å². The monoisotopic (exact) mass is 260 g/mol. The molecule has 0 radical (unpaired) electrons. The number of piperidine rings is 1. The molecule has 5 nitrogen and oxygen atoms in total. The molecule has 102 valence electrons. The summed E-state index contributed by atoms with van der Waals surface area (Å²) >= 11 is 0. The molecule has 0 bridgehead atoms. The van der Waals surface area contributed by atoms with Crippen LogP contribution in [0.5, 0.6) is 0 Å². The molecule has 0 atom stereocenters. The van der Waals surface area contributed by atoms with Crippen LogP contribution in [0.3, 0.4) is 0 Å². The van der Waals surface area contributed by atoms with Gasteiger partial charge in [-0.05, 0) is 32.0 Å². The number of hydrogen-bond acceptors (Lipinski definition) is 4. The molecule has 2 aliphatic rings. The predicted molar refractivity (Wildman–Crippen MR) is 74.1 cm³/mol. The average molecular weight is 260 g/mol. The van der Waals surface area contributed by atoms with Crippen LogP contribution in [-0.2, 0) is 4.79 Å². The van der Waals surface area contributed by atoms with Crippen LogP contribution in [0.25, 0.3) is 0 Å². The number of likely N-dealkylation sites (N-methyl/N-ethyl adjacent to an activating group) is 1. The molecule has 0 aromatic carbocycles. The number of hydrogen-bond donors (Lipinski definition) is 1. The van der Waals surface area contributed by atoms with E-state index in [4.69, 9.17) is 0 Å². The lowest BCUT2D eigenvalue weighted by atomic mass is 9.83. The third-order valence-electron chi connectivity index (χ3n) is 4.49. The third-order valence-corrected chi connectivity index (χ3v) is 4.49. The summed E-state index contributed by atoms with van der Waals surface area (Å²) in [6, 6.07) is 4.04. The van der Waals surface area contributed by atoms with E-state index in [0.29, 0.717) is 0 Å². The Kier molecular flexibility index (Phi) is 3.14. The number of carbonyl (C=O) groups is 1. The van der Waals surface area contributed by atoms with E-state index < -0.39 is 0 Å². The summed E-state index contributed by atoms with van der Waals surface area (Å²) < 4.78 is 0. The lowest BCUT2D eigenvalue weighted by molar-refractivity contribution is -0.137. The molecule has 1 amide bonds. The van der Waals surface area contributed by atoms with Crippen LogP contribution in [0.4, 0.5) is 5.69 Å². The van der Waals surface area contributed by atoms with E-state index in [1.807, 2.05) is 12.3 Å². The molecule has 3 heterocycles. The van der Waals surface area contributed by atoms with Gasteiger partial charge in [-0.15, -0.1) is 0 Å². The van der Waals surface area contributed by atoms with Gasteiger partial charge in [0.05, 0.1) is 11.9 Å². The van der Waals surface area contributed by atoms with Gasteiger partial charge < -0.3 is 10.2 Å². The largest absolute Gasteiger partial charge is 0.370 e. The third kappa shape index (κ3) is 2.08. The van der Waals surface area contributed by atoms with Crippen molar-refractivity contribution in [1.29, 1.82) is 0 Å². The second-order valence-corrected chi connectivity index (χ2v) is 5.41. The fourth-order valence-corrected chi connectivity index (χ4v) is 3.17. The molecular formula is C14H20N4O. The number of anilines is 1. The Bertz CT molecular complexity index is 454. The van der Waals surface area contributed by atoms with Gasteiger partial charge in [-0.1, -0.05) is 0 Å². The molecule has 0 unspecified atom stereocenters. The zero-order valence-corrected chi connectivity index (χ0v) is 11.3. The highest BCUT2D eigenvalue weighted by molar-refractivity contribution is 5.87. The fourth-order valence-electron chi connectivity index (χ4n) is 3.17. The number of rotatable bonds is 1. The lowest BCUT2D eigenvalue weighted by Gasteiger charge is -2.48. The average Bonchev–Trinajstić information content (AvgIpc) is 2.47. The summed E-state index contributed by atoms with van der Waals surface area (Å²) in [4.78, 5) is 20.9. The molecule has 2 fully saturated rings. The zero-order valence-electron chi connectivity index (χ0n) is 11.3. The molecule has 0 aliphatic carbocycles. The highest BCUT2D eigenvalue weighted by Gasteiger charge is 2.46. The van der Waals surface area contributed by atoms with Crippen LogP contribution < -0.4 is 10.2 Å². The highest BCUT2D eigenvalue weighted by atomic mass is 16.2. The maximum atomic E-state index is 12.2. The SMILES string of the molecule is CN1CCNC(=O)C12CCN(c1cccnc1)CC2. The van der Waals surface area contributed by atoms with Gasteiger partial charge in [0.25, 0.3) is 0 Å². The predicted octanol–water partition coefficient (Wildman–Crippen LogP) is 0.482. The van der Waals surface area contributed by atoms with E-state index >= 15 is 0 Å². The Morgan fingerprint density at radius 2 is 2.11 bits per heavy atom. The van der Waals surface area contributed by atoms with Crippen molar-refractivity contribution >= 4 is 11.6 Å². The Hall–Kier alpha value is -1.62. The standard InChI is InChI=1S/C14H20N4O/c1-17-10-7-16-13(19)14(17)4-8-18(9-5-14)12-3-2-6-15-11-12/h2-3,6,11H,4-5,7-10H2,1H3,(H,16,19). The molecule has 2 aliphatic heterocycles. The number of amides is 1. The number of nitrogens with zero attached hydrogens (tertiary/aromatic N) is 3. The molecule has 19 heavy (non-hydrogen) atoms. The molecule has 1 aromatic rings. The Balaban J connectivity index is 1.73. The van der Waals surface area contributed by atoms with Crippen LogP contribution in [0.2, 0.25) is 0 Å². The summed E-state index contributed by atoms with van der Waals surface area (Å²) in [7, 11) is 2.07. The van der Waals surface area contributed by atoms with Crippen molar-refractivity contribution in [3.8, 4) is 0 Å². The van der Waals surface area contributed by atoms with E-state index in [-0.39, 0.29) is 11.4 Å². The molecule has 2 saturated heterocycles. The Morgan fingerprint density at radius 1 is 1.32 bits per heavy atom. The quantitative estimate of drug-likeness (QED) is 0.798. The van der Waals surface area contributed by atoms with E-state index in [2.05, 4.69) is 33.2 Å². The molecular weight excluding hydrogens is 240 g/mol. The first kappa shape index (κ1) is 12.4. The summed E-state index contributed by atoms with van der Waals surface area (Å²) in [5, 5.41) is 3.02. The zero-order chi connectivity index (χ0) is 13.3. The number of aromatic nitrogens is 1. The van der Waals surface area contributed by atoms with Crippen molar-refractivity contribution in [3.05, 3.63) is 24.5 Å². The molecule has 5 heteroatoms. The number of carbonyl (C=O) groups excluding carboxylic acids is 1. The molecule has 0 saturated carbocycles. The van der Waals surface area contributed by atoms with Gasteiger partial charge in [0.15, 0.2) is 0 Å². The summed E-state index contributed by atoms with van der Waals surface area (Å²) in [5.41, 5.74) is 0.855. The van der Waals surface area contributed by atoms with Crippen molar-refractivity contribution in [2.75, 3.05) is 38.1 Å². The first-order valence-electron chi connectivity index (χ1n) is 6.87. The minimum atomic E-state index is -0.295. The lowest BCUT2D eigenvalue weighted by Crippen LogP contribution is -2.66. The normalized spacial score (nSPS) is 23.4. The Labute approximate surface area is 113 Å². The second kappa shape index (κ2) is 4.81.